The van der Waals surface area contributed by atoms with Gasteiger partial charge in [0.05, 0.1) is 30.5 Å². The quantitative estimate of drug-likeness (QED) is 0.248. The Hall–Kier alpha value is -4.55. The van der Waals surface area contributed by atoms with Crippen LogP contribution in [0.2, 0.25) is 0 Å². The van der Waals surface area contributed by atoms with Gasteiger partial charge < -0.3 is 40.2 Å². The van der Waals surface area contributed by atoms with Crippen molar-refractivity contribution in [2.24, 2.45) is 17.6 Å². The number of ketones is 2. The summed E-state index contributed by atoms with van der Waals surface area (Å²) >= 11 is 0. The van der Waals surface area contributed by atoms with Crippen molar-refractivity contribution < 1.29 is 44.0 Å². The third-order valence-corrected chi connectivity index (χ3v) is 8.44. The lowest BCUT2D eigenvalue weighted by Gasteiger charge is -2.50. The van der Waals surface area contributed by atoms with Crippen LogP contribution in [0.3, 0.4) is 0 Å². The van der Waals surface area contributed by atoms with Crippen LogP contribution in [0.15, 0.2) is 45.8 Å². The number of nitrogens with zero attached hydrogens (tertiary/aromatic N) is 2. The number of primary amides is 1. The number of Topliss-reactive ketones (excluding diaryl/α,β-unsaturated/α-hetero) is 2. The molecule has 222 valence electrons. The molecule has 0 aliphatic heterocycles. The van der Waals surface area contributed by atoms with Crippen LogP contribution in [0.1, 0.15) is 23.3 Å². The van der Waals surface area contributed by atoms with Gasteiger partial charge in [-0.15, -0.1) is 0 Å². The summed E-state index contributed by atoms with van der Waals surface area (Å²) in [5.41, 5.74) is 3.04. The lowest BCUT2D eigenvalue weighted by molar-refractivity contribution is -0.153. The molecule has 1 fully saturated rings. The predicted octanol–water partition coefficient (Wildman–Crippen LogP) is 1.91. The average molecular weight is 580 g/mol. The van der Waals surface area contributed by atoms with Crippen LogP contribution in [-0.4, -0.2) is 89.7 Å². The Morgan fingerprint density at radius 3 is 2.45 bits per heavy atom. The Morgan fingerprint density at radius 1 is 1.17 bits per heavy atom. The number of hydrogen-bond donors (Lipinski definition) is 5. The van der Waals surface area contributed by atoms with Gasteiger partial charge >= 0.3 is 0 Å². The van der Waals surface area contributed by atoms with Crippen molar-refractivity contribution in [3.63, 3.8) is 0 Å². The number of carbonyl (C=O) groups is 3. The van der Waals surface area contributed by atoms with Gasteiger partial charge in [-0.3, -0.25) is 19.3 Å². The normalized spacial score (nSPS) is 25.5. The number of aliphatic hydroxyl groups excluding tert-OH is 2. The number of aliphatic hydroxyl groups is 3. The van der Waals surface area contributed by atoms with E-state index in [4.69, 9.17) is 14.9 Å². The van der Waals surface area contributed by atoms with E-state index in [1.807, 2.05) is 0 Å². The van der Waals surface area contributed by atoms with Crippen LogP contribution in [0.25, 0.3) is 23.2 Å². The molecule has 6 N–H and O–H groups in total. The number of hydrogen-bond acceptors (Lipinski definition) is 11. The molecule has 12 nitrogen and oxygen atoms in total. The molecule has 1 saturated carbocycles. The van der Waals surface area contributed by atoms with Gasteiger partial charge in [0.1, 0.15) is 34.4 Å². The molecule has 1 aromatic heterocycles. The van der Waals surface area contributed by atoms with E-state index in [2.05, 4.69) is 0 Å². The van der Waals surface area contributed by atoms with E-state index in [9.17, 15) is 34.8 Å². The van der Waals surface area contributed by atoms with Crippen molar-refractivity contribution in [1.29, 1.82) is 0 Å². The minimum Gasteiger partial charge on any atom is -0.508 e. The number of phenolic OH excluding ortho intramolecular Hbond substituents is 1. The van der Waals surface area contributed by atoms with Gasteiger partial charge in [0.15, 0.2) is 11.4 Å². The number of amides is 1. The number of carbonyl (C=O) groups excluding carboxylic acids is 3. The first kappa shape index (κ1) is 29.0. The fraction of sp³-hybridized carbons (Fsp3) is 0.367. The number of phenols is 1. The second-order valence-electron chi connectivity index (χ2n) is 11.2. The summed E-state index contributed by atoms with van der Waals surface area (Å²) in [5, 5.41) is 46.0. The summed E-state index contributed by atoms with van der Waals surface area (Å²) in [4.78, 5) is 42.8. The number of methoxy groups -OCH3 is 1. The zero-order valence-corrected chi connectivity index (χ0v) is 23.8. The number of likely N-dealkylation sites (N-methyl/N-ethyl adjacent to an activating group) is 1. The van der Waals surface area contributed by atoms with E-state index < -0.39 is 58.0 Å². The Kier molecular flexibility index (Phi) is 6.94. The fourth-order valence-electron chi connectivity index (χ4n) is 6.60. The van der Waals surface area contributed by atoms with E-state index in [1.165, 1.54) is 18.3 Å². The van der Waals surface area contributed by atoms with E-state index >= 15 is 0 Å². The number of anilines is 1. The maximum absolute atomic E-state index is 14.1. The standard InChI is InChI=1S/C30H33N3O9/c1-32(2)18-12-16(19-7-6-14(42-19)8-9-41-5)24(34)21-15(18)10-13-11-17-23(33(3)4)26(36)22(29(31)39)28(38)30(17,40)27(37)20(13)25(21)35/h6-9,12-13,17,23,34-35,38,40H,10-11H2,1-5H3,(H2,31,39)/b9-8+/t13-,17-,23-,30-/m1/s1. The maximum Gasteiger partial charge on any atom is 0.255 e. The highest BCUT2D eigenvalue weighted by molar-refractivity contribution is 6.24. The molecule has 1 amide bonds. The second-order valence-corrected chi connectivity index (χ2v) is 11.2. The molecule has 12 heteroatoms. The molecule has 3 aliphatic carbocycles. The highest BCUT2D eigenvalue weighted by atomic mass is 16.5. The van der Waals surface area contributed by atoms with Crippen LogP contribution in [0.4, 0.5) is 5.69 Å². The molecular weight excluding hydrogens is 546 g/mol. The first-order valence-corrected chi connectivity index (χ1v) is 13.3. The smallest absolute Gasteiger partial charge is 0.255 e. The molecule has 42 heavy (non-hydrogen) atoms. The third-order valence-electron chi connectivity index (χ3n) is 8.44. The highest BCUT2D eigenvalue weighted by Gasteiger charge is 2.64. The molecule has 3 aliphatic rings. The fourth-order valence-corrected chi connectivity index (χ4v) is 6.60. The summed E-state index contributed by atoms with van der Waals surface area (Å²) < 4.78 is 10.8. The maximum atomic E-state index is 14.1. The highest BCUT2D eigenvalue weighted by Crippen LogP contribution is 2.55. The molecule has 0 saturated heterocycles. The largest absolute Gasteiger partial charge is 0.508 e. The summed E-state index contributed by atoms with van der Waals surface area (Å²) in [6, 6.07) is 3.88. The van der Waals surface area contributed by atoms with Crippen LogP contribution in [-0.2, 0) is 25.5 Å². The van der Waals surface area contributed by atoms with Gasteiger partial charge in [0.25, 0.3) is 5.91 Å². The molecule has 0 bridgehead atoms. The molecule has 5 rings (SSSR count). The van der Waals surface area contributed by atoms with Crippen molar-refractivity contribution in [3.05, 3.63) is 58.3 Å². The van der Waals surface area contributed by atoms with Crippen molar-refractivity contribution in [1.82, 2.24) is 4.90 Å². The van der Waals surface area contributed by atoms with Gasteiger partial charge in [0, 0.05) is 37.3 Å². The van der Waals surface area contributed by atoms with Gasteiger partial charge in [-0.2, -0.15) is 0 Å². The molecule has 0 radical (unpaired) electrons. The average Bonchev–Trinajstić information content (AvgIpc) is 3.37. The third kappa shape index (κ3) is 4.01. The topological polar surface area (TPSA) is 187 Å². The van der Waals surface area contributed by atoms with Crippen molar-refractivity contribution in [2.45, 2.75) is 24.5 Å². The van der Waals surface area contributed by atoms with Crippen molar-refractivity contribution in [2.75, 3.05) is 40.2 Å². The molecule has 1 heterocycles. The van der Waals surface area contributed by atoms with E-state index in [0.717, 1.165) is 0 Å². The Balaban J connectivity index is 1.74. The lowest BCUT2D eigenvalue weighted by atomic mass is 9.57. The van der Waals surface area contributed by atoms with Crippen LogP contribution in [0.5, 0.6) is 5.75 Å². The summed E-state index contributed by atoms with van der Waals surface area (Å²) in [6.45, 7) is 0. The Labute approximate surface area is 241 Å². The van der Waals surface area contributed by atoms with Gasteiger partial charge in [-0.1, -0.05) is 0 Å². The molecule has 4 atom stereocenters. The van der Waals surface area contributed by atoms with Gasteiger partial charge in [-0.05, 0) is 56.6 Å². The molecule has 2 aromatic rings. The van der Waals surface area contributed by atoms with Crippen LogP contribution >= 0.6 is 0 Å². The van der Waals surface area contributed by atoms with Crippen molar-refractivity contribution >= 4 is 35.0 Å². The van der Waals surface area contributed by atoms with Gasteiger partial charge in [0.2, 0.25) is 5.78 Å². The predicted molar refractivity (Wildman–Crippen MR) is 152 cm³/mol. The molecule has 0 spiro atoms. The summed E-state index contributed by atoms with van der Waals surface area (Å²) in [5.74, 6) is -6.27. The Morgan fingerprint density at radius 2 is 1.86 bits per heavy atom. The molecule has 0 unspecified atom stereocenters. The van der Waals surface area contributed by atoms with E-state index in [-0.39, 0.29) is 41.1 Å². The van der Waals surface area contributed by atoms with E-state index in [0.29, 0.717) is 17.0 Å². The SMILES string of the molecule is CO/C=C/c1ccc(-c2cc(N(C)C)c3c(c2O)C(O)=C2C(=O)[C@@]4(O)C(O)=C(C(N)=O)C(=O)[C@H](N(C)C)[C@H]4C[C@H]2C3)o1. The number of ether oxygens (including phenoxy) is 1. The van der Waals surface area contributed by atoms with Crippen molar-refractivity contribution in [3.8, 4) is 17.1 Å². The minimum atomic E-state index is -2.70. The summed E-state index contributed by atoms with van der Waals surface area (Å²) in [6.07, 6.45) is 3.20. The lowest BCUT2D eigenvalue weighted by Crippen LogP contribution is -2.65. The first-order chi connectivity index (χ1) is 19.7. The van der Waals surface area contributed by atoms with E-state index in [1.54, 1.807) is 57.4 Å². The first-order valence-electron chi connectivity index (χ1n) is 13.3. The van der Waals surface area contributed by atoms with Crippen LogP contribution < -0.4 is 10.6 Å². The number of aromatic hydroxyl groups is 1. The number of rotatable bonds is 6. The zero-order valence-electron chi connectivity index (χ0n) is 23.8. The number of benzene rings is 1. The number of furan rings is 1. The minimum absolute atomic E-state index is 0.00845. The monoisotopic (exact) mass is 579 g/mol. The second kappa shape index (κ2) is 10.1. The Bertz CT molecular complexity index is 1610. The van der Waals surface area contributed by atoms with Crippen LogP contribution in [0, 0.1) is 11.8 Å². The number of fused-ring (bicyclic) bond motifs is 3. The van der Waals surface area contributed by atoms with Gasteiger partial charge in [-0.25, -0.2) is 0 Å². The molecular formula is C30H33N3O9. The number of nitrogens with two attached hydrogens (primary N) is 1. The zero-order chi connectivity index (χ0) is 30.8. The molecule has 1 aromatic carbocycles. The summed E-state index contributed by atoms with van der Waals surface area (Å²) in [7, 11) is 8.19.